The Labute approximate surface area is 114 Å². The molecule has 0 fully saturated rings. The summed E-state index contributed by atoms with van der Waals surface area (Å²) in [5.74, 6) is -0.0197. The summed E-state index contributed by atoms with van der Waals surface area (Å²) in [7, 11) is 4.03. The molecule has 1 rings (SSSR count). The minimum atomic E-state index is -0.310. The lowest BCUT2D eigenvalue weighted by molar-refractivity contribution is -0.137. The Morgan fingerprint density at radius 2 is 2.05 bits per heavy atom. The Morgan fingerprint density at radius 3 is 2.68 bits per heavy atom. The molecule has 0 aliphatic rings. The molecule has 0 aliphatic heterocycles. The Balaban J connectivity index is 2.48. The number of rotatable bonds is 6. The fourth-order valence-corrected chi connectivity index (χ4v) is 1.91. The maximum absolute atomic E-state index is 11.1. The van der Waals surface area contributed by atoms with Gasteiger partial charge in [0.15, 0.2) is 11.4 Å². The number of para-hydroxylation sites is 2. The van der Waals surface area contributed by atoms with Gasteiger partial charge in [-0.25, -0.2) is 4.79 Å². The van der Waals surface area contributed by atoms with E-state index in [-0.39, 0.29) is 5.97 Å². The van der Waals surface area contributed by atoms with Crippen molar-refractivity contribution in [3.63, 3.8) is 0 Å². The van der Waals surface area contributed by atoms with Gasteiger partial charge in [-0.3, -0.25) is 4.48 Å². The number of nitrogens with zero attached hydrogens (tertiary/aromatic N) is 1. The van der Waals surface area contributed by atoms with E-state index in [0.717, 1.165) is 18.7 Å². The van der Waals surface area contributed by atoms with Crippen molar-refractivity contribution in [2.75, 3.05) is 27.2 Å². The van der Waals surface area contributed by atoms with Crippen LogP contribution in [0, 0.1) is 0 Å². The number of phenolic OH excluding ortho intramolecular Hbond substituents is 1. The van der Waals surface area contributed by atoms with Crippen molar-refractivity contribution in [2.45, 2.75) is 13.3 Å². The molecule has 0 saturated heterocycles. The largest absolute Gasteiger partial charge is 0.503 e. The first-order chi connectivity index (χ1) is 8.97. The van der Waals surface area contributed by atoms with E-state index < -0.39 is 0 Å². The third kappa shape index (κ3) is 4.75. The molecule has 0 amide bonds. The zero-order valence-electron chi connectivity index (χ0n) is 11.8. The lowest BCUT2D eigenvalue weighted by Gasteiger charge is -2.29. The summed E-state index contributed by atoms with van der Waals surface area (Å²) in [6.45, 7) is 2.94. The zero-order chi connectivity index (χ0) is 14.3. The van der Waals surface area contributed by atoms with E-state index in [9.17, 15) is 9.90 Å². The average molecular weight is 264 g/mol. The van der Waals surface area contributed by atoms with Crippen molar-refractivity contribution in [3.05, 3.63) is 36.4 Å². The second kappa shape index (κ2) is 6.95. The summed E-state index contributed by atoms with van der Waals surface area (Å²) in [5.41, 5.74) is 0.863. The summed E-state index contributed by atoms with van der Waals surface area (Å²) in [6, 6.07) is 7.29. The van der Waals surface area contributed by atoms with E-state index >= 15 is 0 Å². The number of carbonyl (C=O) groups is 1. The number of benzene rings is 1. The van der Waals surface area contributed by atoms with Crippen molar-refractivity contribution in [1.82, 2.24) is 4.48 Å². The van der Waals surface area contributed by atoms with Crippen LogP contribution in [0.1, 0.15) is 13.3 Å². The molecule has 0 aliphatic carbocycles. The normalized spacial score (nSPS) is 11.7. The van der Waals surface area contributed by atoms with Gasteiger partial charge in [0.25, 0.3) is 0 Å². The van der Waals surface area contributed by atoms with E-state index in [4.69, 9.17) is 4.74 Å². The van der Waals surface area contributed by atoms with E-state index in [1.807, 2.05) is 26.2 Å². The topological polar surface area (TPSA) is 46.5 Å². The van der Waals surface area contributed by atoms with Crippen LogP contribution in [0.4, 0.5) is 5.69 Å². The van der Waals surface area contributed by atoms with Crippen LogP contribution in [0.5, 0.6) is 5.75 Å². The first kappa shape index (κ1) is 15.2. The van der Waals surface area contributed by atoms with Crippen LogP contribution >= 0.6 is 0 Å². The number of hydrogen-bond donors (Lipinski definition) is 1. The summed E-state index contributed by atoms with van der Waals surface area (Å²) < 4.78 is 5.60. The molecule has 0 spiro atoms. The Morgan fingerprint density at radius 1 is 1.37 bits per heavy atom. The lowest BCUT2D eigenvalue weighted by atomic mass is 10.2. The second-order valence-corrected chi connectivity index (χ2v) is 4.92. The third-order valence-electron chi connectivity index (χ3n) is 2.94. The van der Waals surface area contributed by atoms with Crippen molar-refractivity contribution in [1.29, 1.82) is 0 Å². The summed E-state index contributed by atoms with van der Waals surface area (Å²) in [5, 5.41) is 9.85. The van der Waals surface area contributed by atoms with Crippen LogP contribution in [0.15, 0.2) is 36.4 Å². The van der Waals surface area contributed by atoms with Crippen LogP contribution in [0.2, 0.25) is 0 Å². The van der Waals surface area contributed by atoms with Gasteiger partial charge in [0, 0.05) is 18.6 Å². The van der Waals surface area contributed by atoms with Crippen LogP contribution < -0.4 is 4.48 Å². The molecular formula is C15H22NO3+. The predicted octanol–water partition coefficient (Wildman–Crippen LogP) is 2.47. The molecule has 0 bridgehead atoms. The third-order valence-corrected chi connectivity index (χ3v) is 2.94. The minimum absolute atomic E-state index is 0.290. The summed E-state index contributed by atoms with van der Waals surface area (Å²) in [6.07, 6.45) is 3.80. The fourth-order valence-electron chi connectivity index (χ4n) is 1.91. The number of ether oxygens (including phenoxy) is 1. The van der Waals surface area contributed by atoms with Gasteiger partial charge in [0.05, 0.1) is 27.2 Å². The molecule has 19 heavy (non-hydrogen) atoms. The predicted molar refractivity (Wildman–Crippen MR) is 77.0 cm³/mol. The van der Waals surface area contributed by atoms with Crippen molar-refractivity contribution in [2.24, 2.45) is 0 Å². The molecule has 4 heteroatoms. The molecule has 1 aromatic rings. The number of phenols is 1. The van der Waals surface area contributed by atoms with Gasteiger partial charge in [-0.05, 0) is 13.0 Å². The number of quaternary nitrogens is 1. The van der Waals surface area contributed by atoms with E-state index in [2.05, 4.69) is 0 Å². The molecule has 0 saturated carbocycles. The zero-order valence-corrected chi connectivity index (χ0v) is 11.8. The fraction of sp³-hybridized carbons (Fsp3) is 0.400. The molecule has 104 valence electrons. The highest BCUT2D eigenvalue weighted by Gasteiger charge is 2.22. The van der Waals surface area contributed by atoms with Crippen molar-refractivity contribution < 1.29 is 14.6 Å². The van der Waals surface area contributed by atoms with Gasteiger partial charge in [-0.2, -0.15) is 0 Å². The maximum atomic E-state index is 11.1. The molecular weight excluding hydrogens is 242 g/mol. The van der Waals surface area contributed by atoms with Crippen molar-refractivity contribution >= 4 is 11.7 Å². The molecule has 0 unspecified atom stereocenters. The molecule has 0 atom stereocenters. The van der Waals surface area contributed by atoms with Gasteiger partial charge < -0.3 is 9.84 Å². The number of aromatic hydroxyl groups is 1. The van der Waals surface area contributed by atoms with Crippen LogP contribution in [0.3, 0.4) is 0 Å². The van der Waals surface area contributed by atoms with E-state index in [1.54, 1.807) is 25.1 Å². The molecule has 0 aromatic heterocycles. The molecule has 1 N–H and O–H groups in total. The Bertz CT molecular complexity index is 452. The highest BCUT2D eigenvalue weighted by Crippen LogP contribution is 2.29. The van der Waals surface area contributed by atoms with E-state index in [1.165, 1.54) is 6.08 Å². The van der Waals surface area contributed by atoms with Crippen LogP contribution in [0.25, 0.3) is 0 Å². The van der Waals surface area contributed by atoms with Crippen LogP contribution in [-0.4, -0.2) is 38.3 Å². The Kier molecular flexibility index (Phi) is 5.57. The highest BCUT2D eigenvalue weighted by atomic mass is 16.5. The monoisotopic (exact) mass is 264 g/mol. The first-order valence-electron chi connectivity index (χ1n) is 6.38. The first-order valence-corrected chi connectivity index (χ1v) is 6.38. The Hall–Kier alpha value is -1.81. The lowest BCUT2D eigenvalue weighted by Crippen LogP contribution is -2.41. The SMILES string of the molecule is CC=CC(=O)OCCC[N+](C)(C)c1ccccc1O. The quantitative estimate of drug-likeness (QED) is 0.371. The second-order valence-electron chi connectivity index (χ2n) is 4.92. The smallest absolute Gasteiger partial charge is 0.330 e. The van der Waals surface area contributed by atoms with Crippen molar-refractivity contribution in [3.8, 4) is 5.75 Å². The molecule has 0 radical (unpaired) electrons. The standard InChI is InChI=1S/C15H21NO3/c1-4-8-15(18)19-12-7-11-16(2,3)13-9-5-6-10-14(13)17/h4-6,8-10H,7,11-12H2,1-3H3/p+1. The number of carbonyl (C=O) groups excluding carboxylic acids is 1. The molecule has 1 aromatic carbocycles. The summed E-state index contributed by atoms with van der Waals surface area (Å²) in [4.78, 5) is 11.1. The minimum Gasteiger partial charge on any atom is -0.503 e. The van der Waals surface area contributed by atoms with Gasteiger partial charge in [0.1, 0.15) is 0 Å². The van der Waals surface area contributed by atoms with Crippen LogP contribution in [-0.2, 0) is 9.53 Å². The van der Waals surface area contributed by atoms with Gasteiger partial charge >= 0.3 is 5.97 Å². The number of allylic oxidation sites excluding steroid dienone is 1. The molecule has 0 heterocycles. The summed E-state index contributed by atoms with van der Waals surface area (Å²) >= 11 is 0. The van der Waals surface area contributed by atoms with E-state index in [0.29, 0.717) is 16.8 Å². The van der Waals surface area contributed by atoms with Gasteiger partial charge in [-0.1, -0.05) is 18.2 Å². The molecule has 4 nitrogen and oxygen atoms in total. The number of esters is 1. The highest BCUT2D eigenvalue weighted by molar-refractivity contribution is 5.81. The van der Waals surface area contributed by atoms with Gasteiger partial charge in [0.2, 0.25) is 0 Å². The van der Waals surface area contributed by atoms with Gasteiger partial charge in [-0.15, -0.1) is 0 Å². The average Bonchev–Trinajstić information content (AvgIpc) is 2.35. The number of hydrogen-bond acceptors (Lipinski definition) is 3. The maximum Gasteiger partial charge on any atom is 0.330 e.